The maximum Gasteiger partial charge on any atom is 0.238 e. The molecule has 12 aromatic carbocycles. The van der Waals surface area contributed by atoms with Gasteiger partial charge in [0, 0.05) is 27.8 Å². The van der Waals surface area contributed by atoms with Crippen LogP contribution in [0, 0.1) is 0 Å². The van der Waals surface area contributed by atoms with Crippen LogP contribution < -0.4 is 41.5 Å². The molecule has 386 valence electrons. The normalized spacial score (nSPS) is 12.3. The molecule has 0 bridgehead atoms. The van der Waals surface area contributed by atoms with Crippen LogP contribution in [0.3, 0.4) is 0 Å². The fourth-order valence-electron chi connectivity index (χ4n) is 13.5. The largest absolute Gasteiger partial charge is 0.278 e. The van der Waals surface area contributed by atoms with E-state index in [-0.39, 0.29) is 5.92 Å². The van der Waals surface area contributed by atoms with Gasteiger partial charge < -0.3 is 0 Å². The van der Waals surface area contributed by atoms with Gasteiger partial charge in [0.1, 0.15) is 0 Å². The Morgan fingerprint density at radius 2 is 0.598 bits per heavy atom. The highest BCUT2D eigenvalue weighted by molar-refractivity contribution is 7.20. The van der Waals surface area contributed by atoms with Gasteiger partial charge in [0.25, 0.3) is 0 Å². The Morgan fingerprint density at radius 1 is 0.268 bits per heavy atom. The Hall–Kier alpha value is -10.1. The molecule has 0 aliphatic heterocycles. The first-order valence-electron chi connectivity index (χ1n) is 28.2. The first kappa shape index (κ1) is 49.0. The Labute approximate surface area is 480 Å². The minimum atomic E-state index is -2.81. The number of rotatable bonds is 12. The first-order chi connectivity index (χ1) is 40.7. The molecule has 4 nitrogen and oxygen atoms in total. The van der Waals surface area contributed by atoms with Crippen molar-refractivity contribution in [2.75, 3.05) is 0 Å². The van der Waals surface area contributed by atoms with Crippen LogP contribution >= 0.6 is 0 Å². The Morgan fingerprint density at radius 3 is 1.00 bits per heavy atom. The maximum absolute atomic E-state index is 5.53. The van der Waals surface area contributed by atoms with Gasteiger partial charge in [-0.05, 0) is 87.5 Å². The maximum atomic E-state index is 5.53. The van der Waals surface area contributed by atoms with E-state index in [1.165, 1.54) is 69.3 Å². The topological polar surface area (TPSA) is 43.6 Å². The van der Waals surface area contributed by atoms with Gasteiger partial charge in [-0.3, -0.25) is 4.57 Å². The van der Waals surface area contributed by atoms with E-state index in [0.29, 0.717) is 17.6 Å². The van der Waals surface area contributed by atoms with Crippen LogP contribution in [0.25, 0.3) is 61.7 Å². The van der Waals surface area contributed by atoms with Gasteiger partial charge in [0.15, 0.2) is 27.8 Å². The average molecular weight is 1080 g/mol. The number of nitrogens with zero attached hydrogens (tertiary/aromatic N) is 4. The van der Waals surface area contributed by atoms with Crippen LogP contribution in [0.15, 0.2) is 322 Å². The SMILES string of the molecule is c1ccc([Si](c2ccccc2)(c2ccccc2)c2ccc(-c3nc(-c4ccc([Si](c5ccccc5)(c5ccccc5)c5ccccc5)cc4)nc(-n4c5ccccc5c5cc(C6c7ccccc7-c7ccccc76)ccc54)n3)cc2)cc1. The highest BCUT2D eigenvalue weighted by atomic mass is 28.3. The molecule has 0 spiro atoms. The van der Waals surface area contributed by atoms with Crippen molar-refractivity contribution in [3.8, 4) is 39.9 Å². The Kier molecular flexibility index (Phi) is 12.3. The van der Waals surface area contributed by atoms with Crippen LogP contribution in [0.2, 0.25) is 0 Å². The highest BCUT2D eigenvalue weighted by Crippen LogP contribution is 2.48. The summed E-state index contributed by atoms with van der Waals surface area (Å²) in [5.41, 5.74) is 10.4. The van der Waals surface area contributed by atoms with E-state index >= 15 is 0 Å². The van der Waals surface area contributed by atoms with Crippen molar-refractivity contribution in [1.29, 1.82) is 0 Å². The number of hydrogen-bond donors (Lipinski definition) is 0. The molecule has 0 fully saturated rings. The first-order valence-corrected chi connectivity index (χ1v) is 32.2. The van der Waals surface area contributed by atoms with E-state index in [9.17, 15) is 0 Å². The molecule has 14 aromatic rings. The molecule has 0 saturated heterocycles. The molecule has 1 aliphatic carbocycles. The zero-order valence-electron chi connectivity index (χ0n) is 45.0. The van der Waals surface area contributed by atoms with Crippen molar-refractivity contribution in [3.63, 3.8) is 0 Å². The van der Waals surface area contributed by atoms with Crippen molar-refractivity contribution in [1.82, 2.24) is 19.5 Å². The molecule has 0 saturated carbocycles. The van der Waals surface area contributed by atoms with E-state index in [0.717, 1.165) is 32.9 Å². The molecule has 0 unspecified atom stereocenters. The minimum Gasteiger partial charge on any atom is -0.278 e. The fourth-order valence-corrected chi connectivity index (χ4v) is 23.0. The molecule has 82 heavy (non-hydrogen) atoms. The standard InChI is InChI=1S/C76H54N4Si2/c1-7-25-57(26-8-1)81(58-27-9-2-10-28-58,59-29-11-3-12-30-59)63-48-43-54(44-49-63)74-77-75(55-45-50-64(51-46-55)82(60-31-13-4-14-32-60,61-33-15-5-16-34-61)62-35-17-6-18-36-62)79-76(78-74)80-71-42-24-23-39-67(71)70-53-56(47-52-72(70)80)73-68-40-21-19-37-65(68)66-38-20-22-41-69(66)73/h1-53,73H. The van der Waals surface area contributed by atoms with E-state index in [1.54, 1.807) is 0 Å². The average Bonchev–Trinajstić information content (AvgIpc) is 4.24. The lowest BCUT2D eigenvalue weighted by Gasteiger charge is -2.34. The number of aromatic nitrogens is 4. The van der Waals surface area contributed by atoms with E-state index in [1.807, 2.05) is 0 Å². The lowest BCUT2D eigenvalue weighted by atomic mass is 9.88. The fraction of sp³-hybridized carbons (Fsp3) is 0.0132. The summed E-state index contributed by atoms with van der Waals surface area (Å²) in [6.07, 6.45) is 0. The van der Waals surface area contributed by atoms with Crippen LogP contribution in [-0.4, -0.2) is 35.7 Å². The van der Waals surface area contributed by atoms with E-state index in [4.69, 9.17) is 15.0 Å². The molecule has 0 atom stereocenters. The second-order valence-electron chi connectivity index (χ2n) is 21.4. The molecule has 2 heterocycles. The summed E-state index contributed by atoms with van der Waals surface area (Å²) in [4.78, 5) is 16.5. The third kappa shape index (κ3) is 7.98. The van der Waals surface area contributed by atoms with E-state index < -0.39 is 16.1 Å². The van der Waals surface area contributed by atoms with Crippen LogP contribution in [0.5, 0.6) is 0 Å². The molecular formula is C76H54N4Si2. The molecular weight excluding hydrogens is 1030 g/mol. The quantitative estimate of drug-likeness (QED) is 0.0904. The van der Waals surface area contributed by atoms with Gasteiger partial charge in [-0.15, -0.1) is 0 Å². The second kappa shape index (κ2) is 20.5. The van der Waals surface area contributed by atoms with Crippen molar-refractivity contribution in [2.24, 2.45) is 0 Å². The summed E-state index contributed by atoms with van der Waals surface area (Å²) in [5.74, 6) is 1.88. The summed E-state index contributed by atoms with van der Waals surface area (Å²) >= 11 is 0. The van der Waals surface area contributed by atoms with Crippen molar-refractivity contribution in [2.45, 2.75) is 5.92 Å². The molecule has 2 aromatic heterocycles. The summed E-state index contributed by atoms with van der Waals surface area (Å²) in [6.45, 7) is 0. The zero-order chi connectivity index (χ0) is 54.5. The third-order valence-corrected chi connectivity index (χ3v) is 26.7. The van der Waals surface area contributed by atoms with Crippen LogP contribution in [0.1, 0.15) is 22.6 Å². The molecule has 6 heteroatoms. The second-order valence-corrected chi connectivity index (χ2v) is 29.0. The number of para-hydroxylation sites is 1. The molecule has 1 aliphatic rings. The van der Waals surface area contributed by atoms with Crippen molar-refractivity contribution < 1.29 is 0 Å². The van der Waals surface area contributed by atoms with Gasteiger partial charge in [-0.25, -0.2) is 4.98 Å². The monoisotopic (exact) mass is 1080 g/mol. The zero-order valence-corrected chi connectivity index (χ0v) is 47.0. The predicted octanol–water partition coefficient (Wildman–Crippen LogP) is 12.2. The smallest absolute Gasteiger partial charge is 0.238 e. The number of fused-ring (bicyclic) bond motifs is 6. The lowest BCUT2D eigenvalue weighted by molar-refractivity contribution is 0.952. The number of benzene rings is 12. The summed E-state index contributed by atoms with van der Waals surface area (Å²) in [6, 6.07) is 118. The number of hydrogen-bond acceptors (Lipinski definition) is 3. The Bertz CT molecular complexity index is 4170. The molecule has 0 radical (unpaired) electrons. The van der Waals surface area contributed by atoms with Crippen molar-refractivity contribution in [3.05, 3.63) is 338 Å². The van der Waals surface area contributed by atoms with Crippen LogP contribution in [0.4, 0.5) is 0 Å². The minimum absolute atomic E-state index is 0.111. The highest BCUT2D eigenvalue weighted by Gasteiger charge is 2.43. The molecule has 0 N–H and O–H groups in total. The van der Waals surface area contributed by atoms with E-state index in [2.05, 4.69) is 326 Å². The lowest BCUT2D eigenvalue weighted by Crippen LogP contribution is -2.74. The van der Waals surface area contributed by atoms with Gasteiger partial charge in [-0.2, -0.15) is 9.97 Å². The van der Waals surface area contributed by atoms with Gasteiger partial charge in [0.05, 0.1) is 11.0 Å². The van der Waals surface area contributed by atoms with Gasteiger partial charge in [-0.1, -0.05) is 303 Å². The summed E-state index contributed by atoms with van der Waals surface area (Å²) in [5, 5.41) is 12.8. The van der Waals surface area contributed by atoms with Gasteiger partial charge >= 0.3 is 0 Å². The summed E-state index contributed by atoms with van der Waals surface area (Å²) in [7, 11) is -5.61. The molecule has 15 rings (SSSR count). The Balaban J connectivity index is 0.928. The van der Waals surface area contributed by atoms with Crippen molar-refractivity contribution >= 4 is 79.4 Å². The third-order valence-electron chi connectivity index (χ3n) is 17.1. The van der Waals surface area contributed by atoms with Gasteiger partial charge in [0.2, 0.25) is 5.95 Å². The predicted molar refractivity (Wildman–Crippen MR) is 345 cm³/mol. The molecule has 0 amide bonds. The van der Waals surface area contributed by atoms with Crippen LogP contribution in [-0.2, 0) is 0 Å². The summed E-state index contributed by atoms with van der Waals surface area (Å²) < 4.78 is 2.25.